The van der Waals surface area contributed by atoms with E-state index >= 15 is 0 Å². The first-order valence-corrected chi connectivity index (χ1v) is 4.64. The van der Waals surface area contributed by atoms with Crippen LogP contribution in [0.2, 0.25) is 0 Å². The number of hydrogen-bond acceptors (Lipinski definition) is 3. The van der Waals surface area contributed by atoms with Crippen molar-refractivity contribution in [2.24, 2.45) is 10.8 Å². The first-order chi connectivity index (χ1) is 6.05. The summed E-state index contributed by atoms with van der Waals surface area (Å²) in [5.41, 5.74) is -1.08. The molecule has 0 atom stereocenters. The van der Waals surface area contributed by atoms with E-state index in [4.69, 9.17) is 4.74 Å². The van der Waals surface area contributed by atoms with E-state index in [1.165, 1.54) is 0 Å². The summed E-state index contributed by atoms with van der Waals surface area (Å²) >= 11 is 0. The maximum Gasteiger partial charge on any atom is 1.00 e. The van der Waals surface area contributed by atoms with Crippen LogP contribution in [0.4, 0.5) is 0 Å². The zero-order valence-electron chi connectivity index (χ0n) is 10.8. The molecule has 0 fully saturated rings. The Kier molecular flexibility index (Phi) is 6.38. The van der Waals surface area contributed by atoms with E-state index < -0.39 is 16.8 Å². The Morgan fingerprint density at radius 3 is 1.73 bits per heavy atom. The van der Waals surface area contributed by atoms with E-state index in [2.05, 4.69) is 0 Å². The van der Waals surface area contributed by atoms with E-state index in [0.717, 1.165) is 6.26 Å². The van der Waals surface area contributed by atoms with Crippen molar-refractivity contribution in [1.82, 2.24) is 0 Å². The Morgan fingerprint density at radius 2 is 1.47 bits per heavy atom. The maximum atomic E-state index is 11.4. The monoisotopic (exact) mass is 206 g/mol. The number of carbonyl (C=O) groups excluding carboxylic acids is 1. The van der Waals surface area contributed by atoms with E-state index in [1.54, 1.807) is 41.5 Å². The summed E-state index contributed by atoms with van der Waals surface area (Å²) in [5, 5.41) is 11.4. The molecule has 82 valence electrons. The summed E-state index contributed by atoms with van der Waals surface area (Å²) < 4.78 is 4.78. The van der Waals surface area contributed by atoms with Crippen LogP contribution in [0.5, 0.6) is 0 Å². The topological polar surface area (TPSA) is 49.4 Å². The van der Waals surface area contributed by atoms with Gasteiger partial charge < -0.3 is 9.84 Å². The molecule has 0 aromatic rings. The van der Waals surface area contributed by atoms with Crippen LogP contribution in [-0.4, -0.2) is 5.97 Å². The van der Waals surface area contributed by atoms with Gasteiger partial charge in [0.1, 0.15) is 0 Å². The minimum Gasteiger partial charge on any atom is -0.873 e. The molecule has 0 heterocycles. The molecule has 15 heavy (non-hydrogen) atoms. The second kappa shape index (κ2) is 5.63. The summed E-state index contributed by atoms with van der Waals surface area (Å²) in [4.78, 5) is 11.3. The first-order valence-electron chi connectivity index (χ1n) is 4.64. The largest absolute Gasteiger partial charge is 1.00 e. The third kappa shape index (κ3) is 6.65. The van der Waals surface area contributed by atoms with E-state index in [0.29, 0.717) is 0 Å². The van der Waals surface area contributed by atoms with Gasteiger partial charge in [-0.15, -0.1) is 0 Å². The molecule has 0 N–H and O–H groups in total. The molecule has 0 saturated carbocycles. The van der Waals surface area contributed by atoms with Crippen LogP contribution in [-0.2, 0) is 9.53 Å². The Bertz CT molecular complexity index is 244. The molecule has 0 aliphatic carbocycles. The Balaban J connectivity index is 0. The van der Waals surface area contributed by atoms with Gasteiger partial charge in [-0.3, -0.25) is 4.79 Å². The van der Waals surface area contributed by atoms with Crippen molar-refractivity contribution >= 4 is 5.97 Å². The summed E-state index contributed by atoms with van der Waals surface area (Å²) in [7, 11) is 0. The molecule has 0 aromatic heterocycles. The van der Waals surface area contributed by atoms with E-state index in [-0.39, 0.29) is 24.6 Å². The standard InChI is InChI=1S/C11H20O3.Li/c1-10(2,3)8(12)7-14-9(13)11(4,5)6;/h7,12H,1-6H3;/q;+1/p-1. The van der Waals surface area contributed by atoms with E-state index in [1.807, 2.05) is 0 Å². The van der Waals surface area contributed by atoms with Crippen molar-refractivity contribution in [3.8, 4) is 0 Å². The first kappa shape index (κ1) is 17.0. The van der Waals surface area contributed by atoms with Gasteiger partial charge in [-0.2, -0.15) is 0 Å². The number of allylic oxidation sites excluding steroid dienone is 1. The van der Waals surface area contributed by atoms with Crippen molar-refractivity contribution in [2.45, 2.75) is 41.5 Å². The molecule has 0 rings (SSSR count). The minimum atomic E-state index is -0.575. The van der Waals surface area contributed by atoms with Crippen LogP contribution in [0.3, 0.4) is 0 Å². The number of esters is 1. The van der Waals surface area contributed by atoms with Gasteiger partial charge in [-0.05, 0) is 26.2 Å². The molecule has 0 radical (unpaired) electrons. The molecular weight excluding hydrogens is 187 g/mol. The fourth-order valence-corrected chi connectivity index (χ4v) is 0.461. The molecule has 0 unspecified atom stereocenters. The molecule has 0 amide bonds. The summed E-state index contributed by atoms with van der Waals surface area (Å²) in [6.45, 7) is 10.5. The number of hydrogen-bond donors (Lipinski definition) is 0. The molecule has 0 bridgehead atoms. The molecule has 0 aliphatic rings. The summed E-state index contributed by atoms with van der Waals surface area (Å²) in [6.07, 6.45) is 1.01. The van der Waals surface area contributed by atoms with Gasteiger partial charge in [0.25, 0.3) is 0 Å². The quantitative estimate of drug-likeness (QED) is 0.308. The van der Waals surface area contributed by atoms with Crippen LogP contribution in [0, 0.1) is 10.8 Å². The number of ether oxygens (including phenoxy) is 1. The van der Waals surface area contributed by atoms with Crippen molar-refractivity contribution < 1.29 is 33.5 Å². The second-order valence-electron chi connectivity index (χ2n) is 5.39. The molecular formula is C11H19LiO3. The van der Waals surface area contributed by atoms with Crippen LogP contribution in [0.25, 0.3) is 0 Å². The fourth-order valence-electron chi connectivity index (χ4n) is 0.461. The molecule has 0 spiro atoms. The second-order valence-corrected chi connectivity index (χ2v) is 5.39. The fraction of sp³-hybridized carbons (Fsp3) is 0.727. The summed E-state index contributed by atoms with van der Waals surface area (Å²) in [6, 6.07) is 0. The van der Waals surface area contributed by atoms with Crippen LogP contribution in [0.15, 0.2) is 12.0 Å². The van der Waals surface area contributed by atoms with E-state index in [9.17, 15) is 9.90 Å². The number of rotatable bonds is 1. The third-order valence-electron chi connectivity index (χ3n) is 1.62. The molecule has 3 nitrogen and oxygen atoms in total. The van der Waals surface area contributed by atoms with Gasteiger partial charge >= 0.3 is 24.8 Å². The van der Waals surface area contributed by atoms with Gasteiger partial charge in [0.05, 0.1) is 11.7 Å². The van der Waals surface area contributed by atoms with Gasteiger partial charge in [0, 0.05) is 0 Å². The van der Waals surface area contributed by atoms with Crippen molar-refractivity contribution in [1.29, 1.82) is 0 Å². The average molecular weight is 206 g/mol. The van der Waals surface area contributed by atoms with Crippen LogP contribution >= 0.6 is 0 Å². The smallest absolute Gasteiger partial charge is 0.873 e. The van der Waals surface area contributed by atoms with Crippen LogP contribution in [0.1, 0.15) is 41.5 Å². The molecule has 0 aliphatic heterocycles. The minimum absolute atomic E-state index is 0. The molecule has 4 heteroatoms. The third-order valence-corrected chi connectivity index (χ3v) is 1.62. The maximum absolute atomic E-state index is 11.4. The zero-order valence-corrected chi connectivity index (χ0v) is 10.8. The normalized spacial score (nSPS) is 13.1. The molecule has 0 saturated heterocycles. The van der Waals surface area contributed by atoms with Gasteiger partial charge in [-0.1, -0.05) is 26.5 Å². The summed E-state index contributed by atoms with van der Waals surface area (Å²) in [5.74, 6) is -0.579. The number of carbonyl (C=O) groups is 1. The predicted molar refractivity (Wildman–Crippen MR) is 53.1 cm³/mol. The van der Waals surface area contributed by atoms with Crippen molar-refractivity contribution in [3.05, 3.63) is 12.0 Å². The SMILES string of the molecule is CC(C)(C)C(=O)OC=C([O-])C(C)(C)C.[Li+]. The Labute approximate surface area is 104 Å². The zero-order chi connectivity index (χ0) is 11.6. The van der Waals surface area contributed by atoms with Gasteiger partial charge in [0.15, 0.2) is 0 Å². The van der Waals surface area contributed by atoms with Gasteiger partial charge in [-0.25, -0.2) is 0 Å². The van der Waals surface area contributed by atoms with Crippen molar-refractivity contribution in [2.75, 3.05) is 0 Å². The Morgan fingerprint density at radius 1 is 1.07 bits per heavy atom. The molecule has 0 aromatic carbocycles. The predicted octanol–water partition coefficient (Wildman–Crippen LogP) is -1.17. The average Bonchev–Trinajstić information content (AvgIpc) is 1.95. The Hall–Kier alpha value is -0.393. The van der Waals surface area contributed by atoms with Crippen molar-refractivity contribution in [3.63, 3.8) is 0 Å². The van der Waals surface area contributed by atoms with Crippen LogP contribution < -0.4 is 24.0 Å². The van der Waals surface area contributed by atoms with Gasteiger partial charge in [0.2, 0.25) is 0 Å².